The van der Waals surface area contributed by atoms with Crippen LogP contribution in [0.15, 0.2) is 22.7 Å². The zero-order valence-electron chi connectivity index (χ0n) is 14.2. The molecule has 0 atom stereocenters. The molecule has 1 aromatic heterocycles. The maximum absolute atomic E-state index is 13.2. The maximum atomic E-state index is 13.2. The third-order valence-corrected chi connectivity index (χ3v) is 7.53. The molecule has 1 aromatic carbocycles. The van der Waals surface area contributed by atoms with E-state index >= 15 is 0 Å². The van der Waals surface area contributed by atoms with Gasteiger partial charge in [0.05, 0.1) is 29.2 Å². The van der Waals surface area contributed by atoms with Crippen molar-refractivity contribution in [3.63, 3.8) is 0 Å². The number of benzene rings is 1. The molecule has 27 heavy (non-hydrogen) atoms. The fraction of sp³-hybridized carbons (Fsp3) is 0.294. The molecule has 0 fully saturated rings. The van der Waals surface area contributed by atoms with Crippen molar-refractivity contribution >= 4 is 54.0 Å². The van der Waals surface area contributed by atoms with Gasteiger partial charge in [-0.2, -0.15) is 0 Å². The number of anilines is 1. The van der Waals surface area contributed by atoms with Gasteiger partial charge in [-0.1, -0.05) is 0 Å². The topological polar surface area (TPSA) is 89.5 Å². The molecule has 2 heterocycles. The highest BCUT2D eigenvalue weighted by atomic mass is 79.9. The SMILES string of the molecule is CCOC(=O)c1c(NC(=O)c2ccc(F)cc2Br)sc2c1CCS(=O)(=O)C2. The van der Waals surface area contributed by atoms with Crippen LogP contribution in [0.25, 0.3) is 0 Å². The van der Waals surface area contributed by atoms with Crippen molar-refractivity contribution in [2.75, 3.05) is 17.7 Å². The summed E-state index contributed by atoms with van der Waals surface area (Å²) >= 11 is 4.19. The number of hydrogen-bond donors (Lipinski definition) is 1. The molecule has 1 aliphatic heterocycles. The molecule has 10 heteroatoms. The lowest BCUT2D eigenvalue weighted by atomic mass is 10.1. The average Bonchev–Trinajstić information content (AvgIpc) is 2.90. The predicted molar refractivity (Wildman–Crippen MR) is 104 cm³/mol. The zero-order valence-corrected chi connectivity index (χ0v) is 17.4. The number of halogens is 2. The predicted octanol–water partition coefficient (Wildman–Crippen LogP) is 3.55. The first-order valence-electron chi connectivity index (χ1n) is 8.00. The van der Waals surface area contributed by atoms with Crippen molar-refractivity contribution < 1.29 is 27.1 Å². The Hall–Kier alpha value is -1.78. The van der Waals surface area contributed by atoms with Gasteiger partial charge in [0.25, 0.3) is 5.91 Å². The third-order valence-electron chi connectivity index (χ3n) is 3.99. The third kappa shape index (κ3) is 4.22. The smallest absolute Gasteiger partial charge is 0.341 e. The van der Waals surface area contributed by atoms with Crippen LogP contribution in [-0.4, -0.2) is 32.7 Å². The van der Waals surface area contributed by atoms with E-state index in [1.807, 2.05) is 0 Å². The molecule has 0 saturated carbocycles. The maximum Gasteiger partial charge on any atom is 0.341 e. The van der Waals surface area contributed by atoms with Crippen LogP contribution in [0.4, 0.5) is 9.39 Å². The van der Waals surface area contributed by atoms with Crippen LogP contribution in [0.3, 0.4) is 0 Å². The number of carbonyl (C=O) groups is 2. The molecule has 2 aromatic rings. The van der Waals surface area contributed by atoms with Crippen molar-refractivity contribution in [1.29, 1.82) is 0 Å². The fourth-order valence-electron chi connectivity index (χ4n) is 2.77. The molecule has 0 saturated heterocycles. The molecule has 0 unspecified atom stereocenters. The summed E-state index contributed by atoms with van der Waals surface area (Å²) in [5.74, 6) is -1.88. The molecule has 0 spiro atoms. The van der Waals surface area contributed by atoms with Crippen molar-refractivity contribution in [3.05, 3.63) is 50.1 Å². The second-order valence-electron chi connectivity index (χ2n) is 5.85. The number of rotatable bonds is 4. The van der Waals surface area contributed by atoms with Gasteiger partial charge in [0.15, 0.2) is 9.84 Å². The highest BCUT2D eigenvalue weighted by Crippen LogP contribution is 2.38. The van der Waals surface area contributed by atoms with Crippen molar-refractivity contribution in [3.8, 4) is 0 Å². The van der Waals surface area contributed by atoms with E-state index in [-0.39, 0.29) is 45.1 Å². The number of carbonyl (C=O) groups excluding carboxylic acids is 2. The minimum absolute atomic E-state index is 0.0555. The summed E-state index contributed by atoms with van der Waals surface area (Å²) in [6, 6.07) is 3.63. The van der Waals surface area contributed by atoms with Gasteiger partial charge >= 0.3 is 5.97 Å². The summed E-state index contributed by atoms with van der Waals surface area (Å²) in [5.41, 5.74) is 0.977. The van der Waals surface area contributed by atoms with E-state index in [9.17, 15) is 22.4 Å². The number of esters is 1. The van der Waals surface area contributed by atoms with Crippen molar-refractivity contribution in [2.24, 2.45) is 0 Å². The number of ether oxygens (including phenoxy) is 1. The van der Waals surface area contributed by atoms with E-state index in [0.717, 1.165) is 23.5 Å². The number of nitrogens with one attached hydrogen (secondary N) is 1. The normalized spacial score (nSPS) is 15.1. The van der Waals surface area contributed by atoms with Gasteiger partial charge in [-0.25, -0.2) is 17.6 Å². The Bertz CT molecular complexity index is 1030. The first-order valence-corrected chi connectivity index (χ1v) is 11.4. The number of sulfone groups is 1. The Balaban J connectivity index is 2.00. The lowest BCUT2D eigenvalue weighted by Gasteiger charge is -2.13. The molecule has 0 radical (unpaired) electrons. The molecule has 144 valence electrons. The van der Waals surface area contributed by atoms with Crippen LogP contribution in [0, 0.1) is 5.82 Å². The number of thiophene rings is 1. The van der Waals surface area contributed by atoms with Gasteiger partial charge in [-0.05, 0) is 53.0 Å². The summed E-state index contributed by atoms with van der Waals surface area (Å²) in [6.07, 6.45) is 0.193. The van der Waals surface area contributed by atoms with Gasteiger partial charge in [0.2, 0.25) is 0 Å². The van der Waals surface area contributed by atoms with Gasteiger partial charge in [-0.15, -0.1) is 11.3 Å². The highest BCUT2D eigenvalue weighted by molar-refractivity contribution is 9.10. The second kappa shape index (κ2) is 7.69. The van der Waals surface area contributed by atoms with E-state index in [0.29, 0.717) is 10.4 Å². The quantitative estimate of drug-likeness (QED) is 0.682. The van der Waals surface area contributed by atoms with E-state index in [1.54, 1.807) is 6.92 Å². The monoisotopic (exact) mass is 475 g/mol. The lowest BCUT2D eigenvalue weighted by Crippen LogP contribution is -2.20. The first-order chi connectivity index (χ1) is 12.7. The standard InChI is InChI=1S/C17H15BrFNO5S2/c1-2-25-17(22)14-11-5-6-27(23,24)8-13(11)26-16(14)20-15(21)10-4-3-9(19)7-12(10)18/h3-4,7H,2,5-6,8H2,1H3,(H,20,21). The van der Waals surface area contributed by atoms with Crippen LogP contribution in [-0.2, 0) is 26.7 Å². The van der Waals surface area contributed by atoms with Crippen LogP contribution in [0.2, 0.25) is 0 Å². The van der Waals surface area contributed by atoms with Gasteiger partial charge in [0, 0.05) is 9.35 Å². The van der Waals surface area contributed by atoms with Crippen LogP contribution < -0.4 is 5.32 Å². The molecule has 1 N–H and O–H groups in total. The Morgan fingerprint density at radius 2 is 2.11 bits per heavy atom. The molecule has 3 rings (SSSR count). The number of amides is 1. The molecule has 0 bridgehead atoms. The summed E-state index contributed by atoms with van der Waals surface area (Å²) in [6.45, 7) is 1.81. The van der Waals surface area contributed by atoms with E-state index in [4.69, 9.17) is 4.74 Å². The Morgan fingerprint density at radius 1 is 1.37 bits per heavy atom. The molecular weight excluding hydrogens is 461 g/mol. The average molecular weight is 476 g/mol. The summed E-state index contributed by atoms with van der Waals surface area (Å²) in [4.78, 5) is 25.5. The van der Waals surface area contributed by atoms with E-state index in [2.05, 4.69) is 21.2 Å². The Kier molecular flexibility index (Phi) is 5.68. The van der Waals surface area contributed by atoms with Crippen molar-refractivity contribution in [2.45, 2.75) is 19.1 Å². The minimum Gasteiger partial charge on any atom is -0.462 e. The summed E-state index contributed by atoms with van der Waals surface area (Å²) in [5, 5.41) is 2.88. The first kappa shape index (κ1) is 20.0. The molecule has 1 amide bonds. The van der Waals surface area contributed by atoms with E-state index < -0.39 is 27.5 Å². The molecule has 6 nitrogen and oxygen atoms in total. The zero-order chi connectivity index (χ0) is 19.8. The van der Waals surface area contributed by atoms with Crippen molar-refractivity contribution in [1.82, 2.24) is 0 Å². The number of fused-ring (bicyclic) bond motifs is 1. The van der Waals surface area contributed by atoms with Crippen LogP contribution in [0.5, 0.6) is 0 Å². The second-order valence-corrected chi connectivity index (χ2v) is 9.99. The van der Waals surface area contributed by atoms with Crippen LogP contribution in [0.1, 0.15) is 38.1 Å². The summed E-state index contributed by atoms with van der Waals surface area (Å²) in [7, 11) is -3.23. The molecule has 0 aliphatic carbocycles. The lowest BCUT2D eigenvalue weighted by molar-refractivity contribution is 0.0527. The highest BCUT2D eigenvalue weighted by Gasteiger charge is 2.32. The van der Waals surface area contributed by atoms with Gasteiger partial charge in [0.1, 0.15) is 10.8 Å². The largest absolute Gasteiger partial charge is 0.462 e. The number of hydrogen-bond acceptors (Lipinski definition) is 6. The van der Waals surface area contributed by atoms with Crippen LogP contribution >= 0.6 is 27.3 Å². The Labute approximate surface area is 167 Å². The molecule has 1 aliphatic rings. The van der Waals surface area contributed by atoms with Gasteiger partial charge in [-0.3, -0.25) is 4.79 Å². The fourth-order valence-corrected chi connectivity index (χ4v) is 6.34. The van der Waals surface area contributed by atoms with E-state index in [1.165, 1.54) is 6.07 Å². The minimum atomic E-state index is -3.23. The van der Waals surface area contributed by atoms with Gasteiger partial charge < -0.3 is 10.1 Å². The Morgan fingerprint density at radius 3 is 2.78 bits per heavy atom. The molecular formula is C17H15BrFNO5S2. The summed E-state index contributed by atoms with van der Waals surface area (Å²) < 4.78 is 42.4.